The van der Waals surface area contributed by atoms with E-state index in [1.807, 2.05) is 13.8 Å². The van der Waals surface area contributed by atoms with E-state index in [1.54, 1.807) is 32.2 Å². The molecule has 0 aliphatic carbocycles. The third kappa shape index (κ3) is 3.61. The van der Waals surface area contributed by atoms with Gasteiger partial charge >= 0.3 is 5.97 Å². The summed E-state index contributed by atoms with van der Waals surface area (Å²) in [7, 11) is 1.57. The second-order valence-corrected chi connectivity index (χ2v) is 4.91. The first-order valence-electron chi connectivity index (χ1n) is 7.54. The summed E-state index contributed by atoms with van der Waals surface area (Å²) in [6.07, 6.45) is 0.823. The minimum Gasteiger partial charge on any atom is -0.493 e. The zero-order chi connectivity index (χ0) is 16.8. The van der Waals surface area contributed by atoms with Crippen LogP contribution in [0.5, 0.6) is 11.5 Å². The van der Waals surface area contributed by atoms with Crippen molar-refractivity contribution in [3.63, 3.8) is 0 Å². The predicted octanol–water partition coefficient (Wildman–Crippen LogP) is 2.83. The molecule has 1 aromatic heterocycles. The van der Waals surface area contributed by atoms with Gasteiger partial charge in [0.2, 0.25) is 0 Å². The first-order chi connectivity index (χ1) is 11.1. The summed E-state index contributed by atoms with van der Waals surface area (Å²) in [6, 6.07) is 5.41. The molecule has 7 heteroatoms. The molecule has 0 bridgehead atoms. The SMILES string of the molecule is CCOC(=O)c1n[nH]nc1-c1cccc(OC)c1OC(C)CC. The molecule has 124 valence electrons. The van der Waals surface area contributed by atoms with Gasteiger partial charge in [0, 0.05) is 0 Å². The summed E-state index contributed by atoms with van der Waals surface area (Å²) >= 11 is 0. The van der Waals surface area contributed by atoms with Crippen LogP contribution in [0.2, 0.25) is 0 Å². The molecule has 1 unspecified atom stereocenters. The first-order valence-corrected chi connectivity index (χ1v) is 7.54. The van der Waals surface area contributed by atoms with Crippen LogP contribution in [0.15, 0.2) is 18.2 Å². The van der Waals surface area contributed by atoms with Crippen molar-refractivity contribution >= 4 is 5.97 Å². The number of rotatable bonds is 7. The van der Waals surface area contributed by atoms with Gasteiger partial charge in [0.25, 0.3) is 0 Å². The molecular formula is C16H21N3O4. The molecule has 1 heterocycles. The summed E-state index contributed by atoms with van der Waals surface area (Å²) in [5.74, 6) is 0.568. The normalized spacial score (nSPS) is 11.8. The third-order valence-electron chi connectivity index (χ3n) is 3.36. The molecule has 0 amide bonds. The van der Waals surface area contributed by atoms with Gasteiger partial charge in [-0.2, -0.15) is 10.3 Å². The highest BCUT2D eigenvalue weighted by Crippen LogP contribution is 2.39. The molecule has 0 aliphatic rings. The number of methoxy groups -OCH3 is 1. The van der Waals surface area contributed by atoms with Crippen molar-refractivity contribution in [2.75, 3.05) is 13.7 Å². The maximum absolute atomic E-state index is 12.0. The van der Waals surface area contributed by atoms with Crippen LogP contribution in [0.3, 0.4) is 0 Å². The number of aromatic nitrogens is 3. The van der Waals surface area contributed by atoms with Gasteiger partial charge in [-0.3, -0.25) is 0 Å². The lowest BCUT2D eigenvalue weighted by molar-refractivity contribution is 0.0520. The van der Waals surface area contributed by atoms with Gasteiger partial charge < -0.3 is 14.2 Å². The van der Waals surface area contributed by atoms with Gasteiger partial charge in [-0.25, -0.2) is 4.79 Å². The Morgan fingerprint density at radius 3 is 2.74 bits per heavy atom. The quantitative estimate of drug-likeness (QED) is 0.790. The van der Waals surface area contributed by atoms with Gasteiger partial charge in [-0.05, 0) is 32.4 Å². The van der Waals surface area contributed by atoms with Crippen molar-refractivity contribution in [3.8, 4) is 22.8 Å². The van der Waals surface area contributed by atoms with Gasteiger partial charge in [0.15, 0.2) is 17.2 Å². The van der Waals surface area contributed by atoms with Crippen LogP contribution in [0.1, 0.15) is 37.7 Å². The molecule has 0 radical (unpaired) electrons. The number of hydrogen-bond donors (Lipinski definition) is 1. The summed E-state index contributed by atoms with van der Waals surface area (Å²) in [5.41, 5.74) is 1.12. The van der Waals surface area contributed by atoms with Gasteiger partial charge in [0.05, 0.1) is 25.4 Å². The Hall–Kier alpha value is -2.57. The highest BCUT2D eigenvalue weighted by atomic mass is 16.5. The molecule has 0 saturated heterocycles. The lowest BCUT2D eigenvalue weighted by Crippen LogP contribution is -2.12. The number of nitrogens with zero attached hydrogens (tertiary/aromatic N) is 2. The number of para-hydroxylation sites is 1. The number of hydrogen-bond acceptors (Lipinski definition) is 6. The van der Waals surface area contributed by atoms with Gasteiger partial charge in [0.1, 0.15) is 5.69 Å². The van der Waals surface area contributed by atoms with Crippen LogP contribution >= 0.6 is 0 Å². The molecule has 1 atom stereocenters. The molecule has 1 aromatic carbocycles. The van der Waals surface area contributed by atoms with Crippen LogP contribution < -0.4 is 9.47 Å². The Morgan fingerprint density at radius 2 is 2.09 bits per heavy atom. The number of esters is 1. The Bertz CT molecular complexity index is 669. The monoisotopic (exact) mass is 319 g/mol. The topological polar surface area (TPSA) is 86.3 Å². The average Bonchev–Trinajstić information content (AvgIpc) is 3.04. The molecule has 1 N–H and O–H groups in total. The lowest BCUT2D eigenvalue weighted by atomic mass is 10.1. The Morgan fingerprint density at radius 1 is 1.30 bits per heavy atom. The van der Waals surface area contributed by atoms with Crippen molar-refractivity contribution in [1.82, 2.24) is 15.4 Å². The van der Waals surface area contributed by atoms with Crippen LogP contribution in [0, 0.1) is 0 Å². The number of carbonyl (C=O) groups is 1. The van der Waals surface area contributed by atoms with Gasteiger partial charge in [-0.1, -0.05) is 13.0 Å². The van der Waals surface area contributed by atoms with Crippen molar-refractivity contribution in [2.45, 2.75) is 33.3 Å². The molecular weight excluding hydrogens is 298 g/mol. The molecule has 0 spiro atoms. The fourth-order valence-corrected chi connectivity index (χ4v) is 2.03. The summed E-state index contributed by atoms with van der Waals surface area (Å²) in [4.78, 5) is 12.0. The van der Waals surface area contributed by atoms with E-state index in [2.05, 4.69) is 15.4 Å². The standard InChI is InChI=1S/C16H21N3O4/c1-5-10(3)23-15-11(8-7-9-12(15)21-4)13-14(18-19-17-13)16(20)22-6-2/h7-10H,5-6H2,1-4H3,(H,17,18,19). The molecule has 0 saturated carbocycles. The van der Waals surface area contributed by atoms with E-state index in [1.165, 1.54) is 0 Å². The zero-order valence-electron chi connectivity index (χ0n) is 13.8. The highest BCUT2D eigenvalue weighted by Gasteiger charge is 2.24. The second kappa shape index (κ2) is 7.62. The minimum absolute atomic E-state index is 0.0111. The third-order valence-corrected chi connectivity index (χ3v) is 3.36. The van der Waals surface area contributed by atoms with Crippen LogP contribution in [0.4, 0.5) is 0 Å². The van der Waals surface area contributed by atoms with E-state index in [9.17, 15) is 4.79 Å². The van der Waals surface area contributed by atoms with E-state index in [4.69, 9.17) is 14.2 Å². The fourth-order valence-electron chi connectivity index (χ4n) is 2.03. The molecule has 2 aromatic rings. The van der Waals surface area contributed by atoms with E-state index >= 15 is 0 Å². The molecule has 23 heavy (non-hydrogen) atoms. The number of benzene rings is 1. The Labute approximate surface area is 134 Å². The van der Waals surface area contributed by atoms with Crippen LogP contribution in [-0.4, -0.2) is 41.2 Å². The number of carbonyl (C=O) groups excluding carboxylic acids is 1. The summed E-state index contributed by atoms with van der Waals surface area (Å²) < 4.78 is 16.4. The minimum atomic E-state index is -0.534. The first kappa shape index (κ1) is 16.8. The number of aromatic amines is 1. The molecule has 0 fully saturated rings. The Balaban J connectivity index is 2.51. The summed E-state index contributed by atoms with van der Waals surface area (Å²) in [6.45, 7) is 5.99. The van der Waals surface area contributed by atoms with E-state index in [-0.39, 0.29) is 18.4 Å². The van der Waals surface area contributed by atoms with Crippen molar-refractivity contribution in [3.05, 3.63) is 23.9 Å². The molecule has 2 rings (SSSR count). The second-order valence-electron chi connectivity index (χ2n) is 4.91. The largest absolute Gasteiger partial charge is 0.493 e. The predicted molar refractivity (Wildman–Crippen MR) is 84.7 cm³/mol. The van der Waals surface area contributed by atoms with Crippen LogP contribution in [-0.2, 0) is 4.74 Å². The number of ether oxygens (including phenoxy) is 3. The van der Waals surface area contributed by atoms with E-state index < -0.39 is 5.97 Å². The molecule has 0 aliphatic heterocycles. The van der Waals surface area contributed by atoms with E-state index in [0.717, 1.165) is 6.42 Å². The lowest BCUT2D eigenvalue weighted by Gasteiger charge is -2.18. The zero-order valence-corrected chi connectivity index (χ0v) is 13.8. The fraction of sp³-hybridized carbons (Fsp3) is 0.438. The van der Waals surface area contributed by atoms with Crippen molar-refractivity contribution in [1.29, 1.82) is 0 Å². The highest BCUT2D eigenvalue weighted by molar-refractivity contribution is 5.95. The summed E-state index contributed by atoms with van der Waals surface area (Å²) in [5, 5.41) is 10.5. The van der Waals surface area contributed by atoms with Crippen molar-refractivity contribution in [2.24, 2.45) is 0 Å². The Kier molecular flexibility index (Phi) is 5.56. The smallest absolute Gasteiger partial charge is 0.361 e. The number of H-pyrrole nitrogens is 1. The average molecular weight is 319 g/mol. The van der Waals surface area contributed by atoms with E-state index in [0.29, 0.717) is 22.8 Å². The number of nitrogens with one attached hydrogen (secondary N) is 1. The maximum atomic E-state index is 12.0. The maximum Gasteiger partial charge on any atom is 0.361 e. The van der Waals surface area contributed by atoms with Crippen LogP contribution in [0.25, 0.3) is 11.3 Å². The van der Waals surface area contributed by atoms with Crippen molar-refractivity contribution < 1.29 is 19.0 Å². The molecule has 7 nitrogen and oxygen atoms in total. The van der Waals surface area contributed by atoms with Gasteiger partial charge in [-0.15, -0.1) is 5.10 Å².